The van der Waals surface area contributed by atoms with Gasteiger partial charge in [-0.25, -0.2) is 0 Å². The first-order valence-corrected chi connectivity index (χ1v) is 15.3. The van der Waals surface area contributed by atoms with Gasteiger partial charge in [0.05, 0.1) is 0 Å². The molecule has 1 aliphatic rings. The van der Waals surface area contributed by atoms with Crippen molar-refractivity contribution in [3.05, 3.63) is 123 Å². The molecule has 0 amide bonds. The van der Waals surface area contributed by atoms with Gasteiger partial charge in [-0.3, -0.25) is 0 Å². The van der Waals surface area contributed by atoms with Crippen molar-refractivity contribution in [1.29, 1.82) is 0 Å². The molecule has 0 saturated carbocycles. The molecule has 5 rings (SSSR count). The molecule has 4 aromatic rings. The Bertz CT molecular complexity index is 1290. The molecule has 166 valence electrons. The second-order valence-corrected chi connectivity index (χ2v) is 11.0. The Kier molecular flexibility index (Phi) is 7.99. The van der Waals surface area contributed by atoms with Gasteiger partial charge in [0.15, 0.2) is 0 Å². The summed E-state index contributed by atoms with van der Waals surface area (Å²) in [5.41, 5.74) is 10.3. The zero-order valence-corrected chi connectivity index (χ0v) is 22.1. The molecular formula is C29H26Cl2NTi-. The Balaban J connectivity index is 0.000000821. The van der Waals surface area contributed by atoms with E-state index in [1.807, 2.05) is 0 Å². The van der Waals surface area contributed by atoms with Crippen molar-refractivity contribution in [3.63, 3.8) is 0 Å². The molecule has 4 aromatic carbocycles. The minimum atomic E-state index is -0.556. The van der Waals surface area contributed by atoms with E-state index in [4.69, 9.17) is 23.9 Å². The first-order chi connectivity index (χ1) is 16.0. The summed E-state index contributed by atoms with van der Waals surface area (Å²) in [6.45, 7) is 7.17. The molecule has 0 bridgehead atoms. The Hall–Kier alpha value is -2.03. The van der Waals surface area contributed by atoms with Crippen molar-refractivity contribution in [1.82, 2.24) is 0 Å². The van der Waals surface area contributed by atoms with Crippen LogP contribution >= 0.6 is 18.6 Å². The number of rotatable bonds is 4. The quantitative estimate of drug-likeness (QED) is 0.244. The van der Waals surface area contributed by atoms with Gasteiger partial charge in [-0.15, -0.1) is 12.2 Å². The van der Waals surface area contributed by atoms with Crippen LogP contribution in [0.4, 0.5) is 5.69 Å². The van der Waals surface area contributed by atoms with E-state index < -0.39 is 17.0 Å². The third-order valence-electron chi connectivity index (χ3n) is 6.24. The monoisotopic (exact) mass is 506 g/mol. The zero-order chi connectivity index (χ0) is 23.4. The second-order valence-electron chi connectivity index (χ2n) is 8.46. The average molecular weight is 507 g/mol. The van der Waals surface area contributed by atoms with Crippen LogP contribution in [0.5, 0.6) is 0 Å². The fourth-order valence-corrected chi connectivity index (χ4v) is 4.92. The maximum atomic E-state index is 5.13. The van der Waals surface area contributed by atoms with Crippen molar-refractivity contribution >= 4 is 41.1 Å². The van der Waals surface area contributed by atoms with Gasteiger partial charge in [0.1, 0.15) is 0 Å². The minimum absolute atomic E-state index is 0.288. The van der Waals surface area contributed by atoms with Crippen LogP contribution in [0.25, 0.3) is 22.2 Å². The van der Waals surface area contributed by atoms with E-state index >= 15 is 0 Å². The van der Waals surface area contributed by atoms with Crippen molar-refractivity contribution in [2.24, 2.45) is 0 Å². The Morgan fingerprint density at radius 2 is 1.48 bits per heavy atom. The summed E-state index contributed by atoms with van der Waals surface area (Å²) < 4.78 is 0. The molecule has 0 saturated heterocycles. The van der Waals surface area contributed by atoms with Crippen molar-refractivity contribution in [2.45, 2.75) is 33.2 Å². The van der Waals surface area contributed by atoms with Gasteiger partial charge < -0.3 is 5.32 Å². The summed E-state index contributed by atoms with van der Waals surface area (Å²) in [4.78, 5) is 0. The number of nitrogens with zero attached hydrogens (tertiary/aromatic N) is 1. The molecule has 0 radical (unpaired) electrons. The molecule has 1 atom stereocenters. The van der Waals surface area contributed by atoms with Crippen LogP contribution in [-0.4, -0.2) is 0 Å². The third-order valence-corrected chi connectivity index (χ3v) is 6.24. The Labute approximate surface area is 213 Å². The van der Waals surface area contributed by atoms with E-state index in [0.29, 0.717) is 6.54 Å². The maximum absolute atomic E-state index is 5.13. The molecular weight excluding hydrogens is 481 g/mol. The molecule has 33 heavy (non-hydrogen) atoms. The summed E-state index contributed by atoms with van der Waals surface area (Å²) in [7, 11) is 9.78. The number of hydrogen-bond donors (Lipinski definition) is 0. The van der Waals surface area contributed by atoms with E-state index in [2.05, 4.69) is 106 Å². The summed E-state index contributed by atoms with van der Waals surface area (Å²) in [6.07, 6.45) is 4.59. The predicted molar refractivity (Wildman–Crippen MR) is 140 cm³/mol. The van der Waals surface area contributed by atoms with E-state index in [1.54, 1.807) is 0 Å². The van der Waals surface area contributed by atoms with Crippen LogP contribution in [0, 0.1) is 20.8 Å². The number of allylic oxidation sites excluding steroid dienone is 1. The molecule has 0 spiro atoms. The SMILES string of the molecule is Cc1cc(C)c([N-]Cc2c(C3C=Cc4ccccc43)ccc3ccccc23)c(C)c1.[Cl][Ti][Cl]. The Morgan fingerprint density at radius 3 is 2.24 bits per heavy atom. The van der Waals surface area contributed by atoms with Gasteiger partial charge >= 0.3 is 35.6 Å². The Morgan fingerprint density at radius 1 is 0.818 bits per heavy atom. The van der Waals surface area contributed by atoms with E-state index in [-0.39, 0.29) is 5.92 Å². The number of halogens is 2. The van der Waals surface area contributed by atoms with Crippen LogP contribution in [0.15, 0.2) is 78.9 Å². The van der Waals surface area contributed by atoms with Crippen LogP contribution in [0.3, 0.4) is 0 Å². The number of benzene rings is 4. The van der Waals surface area contributed by atoms with Gasteiger partial charge in [0.25, 0.3) is 0 Å². The van der Waals surface area contributed by atoms with Crippen molar-refractivity contribution in [2.75, 3.05) is 0 Å². The molecule has 0 N–H and O–H groups in total. The molecule has 1 nitrogen and oxygen atoms in total. The second kappa shape index (κ2) is 10.9. The number of aryl methyl sites for hydroxylation is 3. The van der Waals surface area contributed by atoms with Crippen molar-refractivity contribution in [3.8, 4) is 0 Å². The summed E-state index contributed by atoms with van der Waals surface area (Å²) in [5, 5.41) is 7.71. The van der Waals surface area contributed by atoms with Gasteiger partial charge in [-0.1, -0.05) is 107 Å². The van der Waals surface area contributed by atoms with Gasteiger partial charge in [-0.05, 0) is 48.2 Å². The van der Waals surface area contributed by atoms with Crippen LogP contribution in [-0.2, 0) is 23.6 Å². The average Bonchev–Trinajstić information content (AvgIpc) is 3.23. The first kappa shape index (κ1) is 24.1. The third kappa shape index (κ3) is 5.23. The van der Waals surface area contributed by atoms with E-state index in [0.717, 1.165) is 5.69 Å². The normalized spacial score (nSPS) is 13.9. The van der Waals surface area contributed by atoms with Gasteiger partial charge in [0, 0.05) is 5.92 Å². The molecule has 4 heteroatoms. The fraction of sp³-hybridized carbons (Fsp3) is 0.172. The fourth-order valence-electron chi connectivity index (χ4n) is 4.92. The molecule has 0 heterocycles. The van der Waals surface area contributed by atoms with E-state index in [1.165, 1.54) is 49.7 Å². The standard InChI is InChI=1S/C29H26N.2ClH.Ti/c1-19-16-20(2)29(21(3)17-19)30-18-28-25-11-7-5-9-23(25)13-15-27(28)26-14-12-22-8-4-6-10-24(22)26;;;/h4-17,26H,18H2,1-3H3;2*1H;/q-1;;;+2/p-2. The van der Waals surface area contributed by atoms with Crippen LogP contribution < -0.4 is 0 Å². The molecule has 0 aromatic heterocycles. The summed E-state index contributed by atoms with van der Waals surface area (Å²) >= 11 is -0.556. The van der Waals surface area contributed by atoms with Crippen molar-refractivity contribution < 1.29 is 17.0 Å². The number of hydrogen-bond acceptors (Lipinski definition) is 0. The molecule has 1 unspecified atom stereocenters. The topological polar surface area (TPSA) is 14.1 Å². The van der Waals surface area contributed by atoms with Crippen LogP contribution in [0.1, 0.15) is 44.9 Å². The van der Waals surface area contributed by atoms with Gasteiger partial charge in [0.2, 0.25) is 0 Å². The molecule has 1 aliphatic carbocycles. The first-order valence-electron chi connectivity index (χ1n) is 11.0. The molecule has 0 aliphatic heterocycles. The number of fused-ring (bicyclic) bond motifs is 2. The van der Waals surface area contributed by atoms with E-state index in [9.17, 15) is 0 Å². The summed E-state index contributed by atoms with van der Waals surface area (Å²) in [6, 6.07) is 26.4. The molecule has 0 fully saturated rings. The van der Waals surface area contributed by atoms with Crippen LogP contribution in [0.2, 0.25) is 0 Å². The van der Waals surface area contributed by atoms with Gasteiger partial charge in [-0.2, -0.15) is 0 Å². The predicted octanol–water partition coefficient (Wildman–Crippen LogP) is 9.51. The summed E-state index contributed by atoms with van der Waals surface area (Å²) in [5.74, 6) is 0.288. The zero-order valence-electron chi connectivity index (χ0n) is 19.1.